The Morgan fingerprint density at radius 2 is 1.89 bits per heavy atom. The van der Waals surface area contributed by atoms with Gasteiger partial charge < -0.3 is 10.1 Å². The Morgan fingerprint density at radius 1 is 1.22 bits per heavy atom. The number of nitrogens with one attached hydrogen (secondary N) is 1. The Hall–Kier alpha value is -2.44. The van der Waals surface area contributed by atoms with Crippen LogP contribution < -0.4 is 0 Å². The predicted molar refractivity (Wildman–Crippen MR) is 65.1 cm³/mol. The number of nitrogens with zero attached hydrogens (tertiary/aromatic N) is 2. The summed E-state index contributed by atoms with van der Waals surface area (Å²) in [6, 6.07) is 3.60. The number of hydrogen-bond acceptors (Lipinski definition) is 4. The first kappa shape index (κ1) is 12.0. The minimum Gasteiger partial charge on any atom is -0.358 e. The topological polar surface area (TPSA) is 102 Å². The summed E-state index contributed by atoms with van der Waals surface area (Å²) >= 11 is 0. The van der Waals surface area contributed by atoms with Crippen molar-refractivity contribution in [3.05, 3.63) is 49.1 Å². The molecule has 0 fully saturated rings. The van der Waals surface area contributed by atoms with Crippen LogP contribution in [-0.4, -0.2) is 14.8 Å². The molecular formula is C11H11N3O4. The van der Waals surface area contributed by atoms with Crippen molar-refractivity contribution >= 4 is 16.7 Å². The largest absolute Gasteiger partial charge is 0.358 e. The van der Waals surface area contributed by atoms with E-state index in [0.29, 0.717) is 10.9 Å². The third-order valence-corrected chi connectivity index (χ3v) is 2.79. The van der Waals surface area contributed by atoms with Gasteiger partial charge in [0, 0.05) is 10.3 Å². The molecule has 0 saturated carbocycles. The highest BCUT2D eigenvalue weighted by Crippen LogP contribution is 2.31. The zero-order valence-electron chi connectivity index (χ0n) is 9.89. The molecule has 0 amide bonds. The third-order valence-electron chi connectivity index (χ3n) is 2.79. The normalized spacial score (nSPS) is 10.8. The Balaban J connectivity index is 2.80. The van der Waals surface area contributed by atoms with Crippen LogP contribution in [0.4, 0.5) is 5.82 Å². The second-order valence-corrected chi connectivity index (χ2v) is 4.20. The quantitative estimate of drug-likeness (QED) is 0.666. The van der Waals surface area contributed by atoms with Gasteiger partial charge in [-0.05, 0) is 36.0 Å². The maximum atomic E-state index is 10.9. The van der Waals surface area contributed by atoms with Crippen LogP contribution in [0.2, 0.25) is 0 Å². The number of aromatic nitrogens is 1. The van der Waals surface area contributed by atoms with E-state index in [1.165, 1.54) is 0 Å². The zero-order valence-corrected chi connectivity index (χ0v) is 9.89. The number of aryl methyl sites for hydroxylation is 2. The molecule has 0 bridgehead atoms. The molecule has 2 rings (SSSR count). The summed E-state index contributed by atoms with van der Waals surface area (Å²) in [5.41, 5.74) is 2.45. The van der Waals surface area contributed by atoms with E-state index in [0.717, 1.165) is 11.1 Å². The van der Waals surface area contributed by atoms with Crippen LogP contribution in [-0.2, 0) is 6.54 Å². The summed E-state index contributed by atoms with van der Waals surface area (Å²) in [4.78, 5) is 23.0. The molecule has 1 aromatic carbocycles. The van der Waals surface area contributed by atoms with Crippen LogP contribution in [0.5, 0.6) is 0 Å². The van der Waals surface area contributed by atoms with Gasteiger partial charge in [0.2, 0.25) is 6.54 Å². The molecule has 1 heterocycles. The highest BCUT2D eigenvalue weighted by Gasteiger charge is 2.25. The van der Waals surface area contributed by atoms with Crippen molar-refractivity contribution in [2.24, 2.45) is 0 Å². The van der Waals surface area contributed by atoms with Gasteiger partial charge >= 0.3 is 5.82 Å². The minimum absolute atomic E-state index is 0.137. The van der Waals surface area contributed by atoms with Gasteiger partial charge in [-0.2, -0.15) is 0 Å². The summed E-state index contributed by atoms with van der Waals surface area (Å²) in [5.74, 6) is -0.296. The lowest BCUT2D eigenvalue weighted by Gasteiger charge is -1.99. The summed E-state index contributed by atoms with van der Waals surface area (Å²) in [5, 5.41) is 22.1. The Bertz CT molecular complexity index is 660. The average molecular weight is 249 g/mol. The van der Waals surface area contributed by atoms with Gasteiger partial charge in [0.25, 0.3) is 0 Å². The SMILES string of the molecule is Cc1cc(C)c2c(C[N+](=O)[O-])c([N+](=O)[O-])[nH]c2c1. The molecule has 0 aliphatic heterocycles. The van der Waals surface area contributed by atoms with Crippen LogP contribution in [0, 0.1) is 34.1 Å². The van der Waals surface area contributed by atoms with E-state index in [9.17, 15) is 20.2 Å². The van der Waals surface area contributed by atoms with Gasteiger partial charge in [0.15, 0.2) is 0 Å². The Morgan fingerprint density at radius 3 is 2.44 bits per heavy atom. The van der Waals surface area contributed by atoms with E-state index < -0.39 is 16.4 Å². The fourth-order valence-electron chi connectivity index (χ4n) is 2.23. The van der Waals surface area contributed by atoms with Crippen molar-refractivity contribution in [3.8, 4) is 0 Å². The summed E-state index contributed by atoms with van der Waals surface area (Å²) in [7, 11) is 0. The molecular weight excluding hydrogens is 238 g/mol. The molecule has 7 heteroatoms. The van der Waals surface area contributed by atoms with Gasteiger partial charge in [-0.25, -0.2) is 4.98 Å². The van der Waals surface area contributed by atoms with E-state index in [4.69, 9.17) is 0 Å². The van der Waals surface area contributed by atoms with E-state index in [1.54, 1.807) is 13.0 Å². The standard InChI is InChI=1S/C11H11N3O4/c1-6-3-7(2)10-8(5-13(15)16)11(14(17)18)12-9(10)4-6/h3-4,12H,5H2,1-2H3. The molecule has 1 aromatic heterocycles. The molecule has 7 nitrogen and oxygen atoms in total. The molecule has 94 valence electrons. The van der Waals surface area contributed by atoms with Gasteiger partial charge in [-0.1, -0.05) is 6.07 Å². The first-order valence-corrected chi connectivity index (χ1v) is 5.28. The van der Waals surface area contributed by atoms with E-state index in [1.807, 2.05) is 13.0 Å². The monoisotopic (exact) mass is 249 g/mol. The number of aromatic amines is 1. The van der Waals surface area contributed by atoms with Crippen molar-refractivity contribution < 1.29 is 9.85 Å². The maximum absolute atomic E-state index is 10.9. The minimum atomic E-state index is -0.617. The fourth-order valence-corrected chi connectivity index (χ4v) is 2.23. The fraction of sp³-hybridized carbons (Fsp3) is 0.273. The molecule has 18 heavy (non-hydrogen) atoms. The number of benzene rings is 1. The first-order chi connectivity index (χ1) is 8.40. The van der Waals surface area contributed by atoms with E-state index in [2.05, 4.69) is 4.98 Å². The van der Waals surface area contributed by atoms with Gasteiger partial charge in [0.1, 0.15) is 11.1 Å². The van der Waals surface area contributed by atoms with Gasteiger partial charge in [-0.15, -0.1) is 0 Å². The van der Waals surface area contributed by atoms with Crippen LogP contribution in [0.1, 0.15) is 16.7 Å². The molecule has 0 radical (unpaired) electrons. The van der Waals surface area contributed by atoms with Crippen molar-refractivity contribution in [1.82, 2.24) is 4.98 Å². The number of hydrogen-bond donors (Lipinski definition) is 1. The molecule has 1 N–H and O–H groups in total. The molecule has 0 spiro atoms. The van der Waals surface area contributed by atoms with E-state index in [-0.39, 0.29) is 11.4 Å². The predicted octanol–water partition coefficient (Wildman–Crippen LogP) is 2.47. The molecule has 0 aliphatic rings. The number of rotatable bonds is 3. The molecule has 0 aliphatic carbocycles. The van der Waals surface area contributed by atoms with Crippen LogP contribution in [0.25, 0.3) is 10.9 Å². The second-order valence-electron chi connectivity index (χ2n) is 4.20. The average Bonchev–Trinajstić information content (AvgIpc) is 2.55. The number of nitro groups is 2. The lowest BCUT2D eigenvalue weighted by Crippen LogP contribution is -2.01. The van der Waals surface area contributed by atoms with E-state index >= 15 is 0 Å². The van der Waals surface area contributed by atoms with Crippen LogP contribution in [0.3, 0.4) is 0 Å². The van der Waals surface area contributed by atoms with Crippen LogP contribution >= 0.6 is 0 Å². The number of H-pyrrole nitrogens is 1. The lowest BCUT2D eigenvalue weighted by molar-refractivity contribution is -0.498. The second kappa shape index (κ2) is 4.10. The van der Waals surface area contributed by atoms with Crippen molar-refractivity contribution in [2.45, 2.75) is 20.4 Å². The molecule has 0 saturated heterocycles. The first-order valence-electron chi connectivity index (χ1n) is 5.28. The highest BCUT2D eigenvalue weighted by molar-refractivity contribution is 5.90. The lowest BCUT2D eigenvalue weighted by atomic mass is 10.0. The van der Waals surface area contributed by atoms with Crippen molar-refractivity contribution in [1.29, 1.82) is 0 Å². The highest BCUT2D eigenvalue weighted by atomic mass is 16.6. The third kappa shape index (κ3) is 1.90. The maximum Gasteiger partial charge on any atom is 0.331 e. The molecule has 0 atom stereocenters. The Kier molecular flexibility index (Phi) is 2.74. The summed E-state index contributed by atoms with van der Waals surface area (Å²) < 4.78 is 0. The zero-order chi connectivity index (χ0) is 13.4. The Labute approximate surface area is 102 Å². The van der Waals surface area contributed by atoms with Gasteiger partial charge in [0.05, 0.1) is 0 Å². The van der Waals surface area contributed by atoms with Crippen molar-refractivity contribution in [3.63, 3.8) is 0 Å². The van der Waals surface area contributed by atoms with Crippen molar-refractivity contribution in [2.75, 3.05) is 0 Å². The molecule has 2 aromatic rings. The number of fused-ring (bicyclic) bond motifs is 1. The van der Waals surface area contributed by atoms with Crippen LogP contribution in [0.15, 0.2) is 12.1 Å². The van der Waals surface area contributed by atoms with Gasteiger partial charge in [-0.3, -0.25) is 10.1 Å². The summed E-state index contributed by atoms with van der Waals surface area (Å²) in [6.07, 6.45) is 0. The molecule has 0 unspecified atom stereocenters. The smallest absolute Gasteiger partial charge is 0.331 e. The summed E-state index contributed by atoms with van der Waals surface area (Å²) in [6.45, 7) is 3.10.